The van der Waals surface area contributed by atoms with Crippen molar-refractivity contribution in [3.05, 3.63) is 36.4 Å². The lowest BCUT2D eigenvalue weighted by molar-refractivity contribution is -0.00294. The van der Waals surface area contributed by atoms with Gasteiger partial charge < -0.3 is 19.9 Å². The van der Waals surface area contributed by atoms with Gasteiger partial charge in [0, 0.05) is 75.1 Å². The number of hydrogen-bond donors (Lipinski definition) is 1. The minimum atomic E-state index is -0.344. The maximum Gasteiger partial charge on any atom is 0.409 e. The molecule has 1 saturated carbocycles. The molecule has 5 rings (SSSR count). The van der Waals surface area contributed by atoms with Crippen LogP contribution < -0.4 is 10.2 Å². The van der Waals surface area contributed by atoms with Crippen LogP contribution in [0.2, 0.25) is 0 Å². The fourth-order valence-electron chi connectivity index (χ4n) is 5.78. The summed E-state index contributed by atoms with van der Waals surface area (Å²) in [6.07, 6.45) is 6.38. The minimum absolute atomic E-state index is 0.177. The van der Waals surface area contributed by atoms with Gasteiger partial charge in [-0.2, -0.15) is 0 Å². The lowest BCUT2D eigenvalue weighted by Gasteiger charge is -2.48. The second-order valence-corrected chi connectivity index (χ2v) is 9.68. The standard InChI is InChI=1S/C25H33FN6O2/c1-3-34-24(33)32-16-25(17-32)7-6-20(13-25)30-8-10-31(11-9-30)23-21(12-19(26)15-29-23)18-4-5-22(27-2)28-14-18/h4-5,12,14-15,20H,3,6-11,13,16-17H2,1-2H3,(H,27,28)/t20-/m1/s1. The molecule has 1 N–H and O–H groups in total. The normalized spacial score (nSPS) is 22.0. The van der Waals surface area contributed by atoms with Crippen molar-refractivity contribution < 1.29 is 13.9 Å². The molecule has 1 aliphatic carbocycles. The van der Waals surface area contributed by atoms with Crippen LogP contribution >= 0.6 is 0 Å². The van der Waals surface area contributed by atoms with E-state index in [1.807, 2.05) is 31.0 Å². The highest BCUT2D eigenvalue weighted by Crippen LogP contribution is 2.47. The number of hydrogen-bond acceptors (Lipinski definition) is 7. The Morgan fingerprint density at radius 2 is 2.00 bits per heavy atom. The van der Waals surface area contributed by atoms with Crippen molar-refractivity contribution in [2.75, 3.05) is 63.1 Å². The predicted octanol–water partition coefficient (Wildman–Crippen LogP) is 3.46. The summed E-state index contributed by atoms with van der Waals surface area (Å²) in [7, 11) is 1.82. The van der Waals surface area contributed by atoms with Crippen molar-refractivity contribution in [3.63, 3.8) is 0 Å². The molecule has 3 fully saturated rings. The predicted molar refractivity (Wildman–Crippen MR) is 129 cm³/mol. The van der Waals surface area contributed by atoms with Gasteiger partial charge >= 0.3 is 6.09 Å². The highest BCUT2D eigenvalue weighted by Gasteiger charge is 2.51. The fraction of sp³-hybridized carbons (Fsp3) is 0.560. The molecule has 0 radical (unpaired) electrons. The van der Waals surface area contributed by atoms with Gasteiger partial charge in [0.05, 0.1) is 12.8 Å². The zero-order valence-electron chi connectivity index (χ0n) is 20.0. The Kier molecular flexibility index (Phi) is 6.29. The van der Waals surface area contributed by atoms with Crippen molar-refractivity contribution in [1.29, 1.82) is 0 Å². The second-order valence-electron chi connectivity index (χ2n) is 9.68. The number of nitrogens with zero attached hydrogens (tertiary/aromatic N) is 5. The molecule has 9 heteroatoms. The maximum absolute atomic E-state index is 14.1. The molecule has 34 heavy (non-hydrogen) atoms. The average molecular weight is 469 g/mol. The van der Waals surface area contributed by atoms with Crippen LogP contribution in [0.5, 0.6) is 0 Å². The Labute approximate surface area is 200 Å². The van der Waals surface area contributed by atoms with Crippen molar-refractivity contribution in [3.8, 4) is 11.1 Å². The third kappa shape index (κ3) is 4.41. The first kappa shape index (κ1) is 22.8. The highest BCUT2D eigenvalue weighted by molar-refractivity contribution is 5.76. The number of aromatic nitrogens is 2. The van der Waals surface area contributed by atoms with E-state index >= 15 is 0 Å². The second kappa shape index (κ2) is 9.37. The van der Waals surface area contributed by atoms with E-state index in [9.17, 15) is 9.18 Å². The van der Waals surface area contributed by atoms with Gasteiger partial charge in [0.1, 0.15) is 17.5 Å². The number of pyridine rings is 2. The first-order chi connectivity index (χ1) is 16.5. The van der Waals surface area contributed by atoms with Crippen LogP contribution in [0.3, 0.4) is 0 Å². The smallest absolute Gasteiger partial charge is 0.409 e. The third-order valence-electron chi connectivity index (χ3n) is 7.55. The summed E-state index contributed by atoms with van der Waals surface area (Å²) in [5.74, 6) is 1.24. The molecule has 2 aliphatic heterocycles. The van der Waals surface area contributed by atoms with E-state index in [1.165, 1.54) is 19.0 Å². The van der Waals surface area contributed by atoms with Crippen LogP contribution in [0.4, 0.5) is 20.8 Å². The van der Waals surface area contributed by atoms with Crippen LogP contribution in [0.25, 0.3) is 11.1 Å². The molecule has 4 heterocycles. The Morgan fingerprint density at radius 3 is 2.68 bits per heavy atom. The van der Waals surface area contributed by atoms with Gasteiger partial charge in [-0.1, -0.05) is 0 Å². The Balaban J connectivity index is 1.21. The van der Waals surface area contributed by atoms with E-state index in [1.54, 1.807) is 12.3 Å². The van der Waals surface area contributed by atoms with E-state index in [0.717, 1.165) is 68.5 Å². The molecule has 2 saturated heterocycles. The van der Waals surface area contributed by atoms with Crippen molar-refractivity contribution in [2.45, 2.75) is 32.2 Å². The zero-order valence-corrected chi connectivity index (χ0v) is 20.0. The SMILES string of the molecule is CCOC(=O)N1CC2(CC[C@@H](N3CCN(c4ncc(F)cc4-c4ccc(NC)nc4)CC3)C2)C1. The summed E-state index contributed by atoms with van der Waals surface area (Å²) in [5.41, 5.74) is 1.90. The maximum atomic E-state index is 14.1. The molecule has 8 nitrogen and oxygen atoms in total. The molecule has 0 bridgehead atoms. The van der Waals surface area contributed by atoms with Gasteiger partial charge in [0.2, 0.25) is 0 Å². The van der Waals surface area contributed by atoms with E-state index < -0.39 is 0 Å². The molecule has 1 spiro atoms. The number of carbonyl (C=O) groups excluding carboxylic acids is 1. The first-order valence-electron chi connectivity index (χ1n) is 12.2. The Morgan fingerprint density at radius 1 is 1.21 bits per heavy atom. The number of amides is 1. The number of ether oxygens (including phenoxy) is 1. The molecular formula is C25H33FN6O2. The van der Waals surface area contributed by atoms with Gasteiger partial charge in [0.15, 0.2) is 0 Å². The van der Waals surface area contributed by atoms with E-state index in [2.05, 4.69) is 25.1 Å². The van der Waals surface area contributed by atoms with Gasteiger partial charge in [0.25, 0.3) is 0 Å². The van der Waals surface area contributed by atoms with Crippen molar-refractivity contribution in [2.24, 2.45) is 5.41 Å². The van der Waals surface area contributed by atoms with Gasteiger partial charge in [-0.15, -0.1) is 0 Å². The number of rotatable bonds is 5. The number of likely N-dealkylation sites (tertiary alicyclic amines) is 1. The molecular weight excluding hydrogens is 435 g/mol. The van der Waals surface area contributed by atoms with E-state index in [4.69, 9.17) is 4.74 Å². The average Bonchev–Trinajstić information content (AvgIpc) is 3.29. The molecule has 1 amide bonds. The lowest BCUT2D eigenvalue weighted by atomic mass is 9.78. The Hall–Kier alpha value is -2.94. The third-order valence-corrected chi connectivity index (χ3v) is 7.55. The first-order valence-corrected chi connectivity index (χ1v) is 12.2. The molecule has 0 aromatic carbocycles. The molecule has 182 valence electrons. The topological polar surface area (TPSA) is 73.8 Å². The van der Waals surface area contributed by atoms with Gasteiger partial charge in [-0.25, -0.2) is 19.2 Å². The molecule has 2 aromatic heterocycles. The van der Waals surface area contributed by atoms with Gasteiger partial charge in [-0.05, 0) is 44.4 Å². The molecule has 0 unspecified atom stereocenters. The molecule has 3 aliphatic rings. The number of carbonyl (C=O) groups is 1. The number of nitrogens with one attached hydrogen (secondary N) is 1. The van der Waals surface area contributed by atoms with E-state index in [-0.39, 0.29) is 17.3 Å². The largest absolute Gasteiger partial charge is 0.450 e. The van der Waals surface area contributed by atoms with Crippen LogP contribution in [0.15, 0.2) is 30.6 Å². The van der Waals surface area contributed by atoms with Gasteiger partial charge in [-0.3, -0.25) is 4.90 Å². The summed E-state index contributed by atoms with van der Waals surface area (Å²) in [5, 5.41) is 3.01. The van der Waals surface area contributed by atoms with Crippen LogP contribution in [0, 0.1) is 11.2 Å². The summed E-state index contributed by atoms with van der Waals surface area (Å²) >= 11 is 0. The van der Waals surface area contributed by atoms with E-state index in [0.29, 0.717) is 12.6 Å². The Bertz CT molecular complexity index is 1020. The van der Waals surface area contributed by atoms with Crippen LogP contribution in [0.1, 0.15) is 26.2 Å². The lowest BCUT2D eigenvalue weighted by Crippen LogP contribution is -2.58. The van der Waals surface area contributed by atoms with Crippen LogP contribution in [-0.4, -0.2) is 84.8 Å². The monoisotopic (exact) mass is 468 g/mol. The number of anilines is 2. The van der Waals surface area contributed by atoms with Crippen molar-refractivity contribution >= 4 is 17.7 Å². The summed E-state index contributed by atoms with van der Waals surface area (Å²) in [6.45, 7) is 7.54. The zero-order chi connectivity index (χ0) is 23.7. The molecule has 2 aromatic rings. The summed E-state index contributed by atoms with van der Waals surface area (Å²) in [4.78, 5) is 27.5. The number of piperazine rings is 1. The quantitative estimate of drug-likeness (QED) is 0.720. The molecule has 1 atom stereocenters. The number of halogens is 1. The summed E-state index contributed by atoms with van der Waals surface area (Å²) in [6, 6.07) is 5.95. The summed E-state index contributed by atoms with van der Waals surface area (Å²) < 4.78 is 19.2. The van der Waals surface area contributed by atoms with Crippen molar-refractivity contribution in [1.82, 2.24) is 19.8 Å². The minimum Gasteiger partial charge on any atom is -0.450 e. The highest BCUT2D eigenvalue weighted by atomic mass is 19.1. The fourth-order valence-corrected chi connectivity index (χ4v) is 5.78. The van der Waals surface area contributed by atoms with Crippen LogP contribution in [-0.2, 0) is 4.74 Å².